The zero-order chi connectivity index (χ0) is 25.3. The standard InChI is InChI=1S/C23H32N6O5/c1-13(2)19(24)22(32)29-18(10-16-11-25-12-26-16)21(31)28-17(9-15-7-5-4-6-8-15)20(30)27-14(3)23(33)34/h4-8,11-14,17-19H,9-10,24H2,1-3H3,(H,25,26)(H,27,30)(H,28,31)(H,29,32)(H,33,34)/t14-,17-,18-,19-/m0/s1. The molecule has 0 fully saturated rings. The summed E-state index contributed by atoms with van der Waals surface area (Å²) in [7, 11) is 0. The maximum atomic E-state index is 13.2. The summed E-state index contributed by atoms with van der Waals surface area (Å²) in [6.07, 6.45) is 3.19. The zero-order valence-corrected chi connectivity index (χ0v) is 19.4. The van der Waals surface area contributed by atoms with Crippen LogP contribution < -0.4 is 21.7 Å². The Kier molecular flexibility index (Phi) is 9.75. The summed E-state index contributed by atoms with van der Waals surface area (Å²) in [5, 5.41) is 16.8. The minimum atomic E-state index is -1.20. The number of H-pyrrole nitrogens is 1. The first-order chi connectivity index (χ1) is 16.1. The number of carbonyl (C=O) groups excluding carboxylic acids is 3. The van der Waals surface area contributed by atoms with E-state index >= 15 is 0 Å². The Morgan fingerprint density at radius 3 is 2.09 bits per heavy atom. The fraction of sp³-hybridized carbons (Fsp3) is 0.435. The average Bonchev–Trinajstić information content (AvgIpc) is 3.31. The second-order valence-electron chi connectivity index (χ2n) is 8.43. The number of aromatic amines is 1. The van der Waals surface area contributed by atoms with Gasteiger partial charge in [0.1, 0.15) is 18.1 Å². The van der Waals surface area contributed by atoms with Crippen LogP contribution in [0.5, 0.6) is 0 Å². The summed E-state index contributed by atoms with van der Waals surface area (Å²) in [6, 6.07) is 4.90. The number of aromatic nitrogens is 2. The van der Waals surface area contributed by atoms with Crippen molar-refractivity contribution in [3.63, 3.8) is 0 Å². The second-order valence-corrected chi connectivity index (χ2v) is 8.43. The summed E-state index contributed by atoms with van der Waals surface area (Å²) in [5.74, 6) is -3.12. The molecule has 0 saturated heterocycles. The first-order valence-corrected chi connectivity index (χ1v) is 11.0. The van der Waals surface area contributed by atoms with Crippen LogP contribution in [-0.2, 0) is 32.0 Å². The van der Waals surface area contributed by atoms with Crippen molar-refractivity contribution in [3.8, 4) is 0 Å². The Bertz CT molecular complexity index is 963. The number of nitrogens with zero attached hydrogens (tertiary/aromatic N) is 1. The maximum absolute atomic E-state index is 13.2. The van der Waals surface area contributed by atoms with Crippen molar-refractivity contribution in [2.75, 3.05) is 0 Å². The van der Waals surface area contributed by atoms with Crippen LogP contribution in [0.3, 0.4) is 0 Å². The predicted molar refractivity (Wildman–Crippen MR) is 124 cm³/mol. The minimum absolute atomic E-state index is 0.0909. The number of amides is 3. The van der Waals surface area contributed by atoms with Crippen molar-refractivity contribution in [1.29, 1.82) is 0 Å². The number of rotatable bonds is 12. The number of hydrogen-bond acceptors (Lipinski definition) is 6. The van der Waals surface area contributed by atoms with E-state index in [1.54, 1.807) is 38.1 Å². The molecular formula is C23H32N6O5. The van der Waals surface area contributed by atoms with Crippen LogP contribution in [0.15, 0.2) is 42.9 Å². The molecule has 1 aromatic heterocycles. The predicted octanol–water partition coefficient (Wildman–Crippen LogP) is -0.263. The first-order valence-electron chi connectivity index (χ1n) is 11.0. The topological polar surface area (TPSA) is 179 Å². The smallest absolute Gasteiger partial charge is 0.325 e. The largest absolute Gasteiger partial charge is 0.480 e. The molecule has 7 N–H and O–H groups in total. The number of carboxylic acids is 1. The van der Waals surface area contributed by atoms with E-state index in [0.29, 0.717) is 5.69 Å². The fourth-order valence-corrected chi connectivity index (χ4v) is 3.10. The summed E-state index contributed by atoms with van der Waals surface area (Å²) in [6.45, 7) is 4.91. The first kappa shape index (κ1) is 26.5. The van der Waals surface area contributed by atoms with E-state index < -0.39 is 47.9 Å². The van der Waals surface area contributed by atoms with Crippen LogP contribution in [0.1, 0.15) is 32.0 Å². The normalized spacial score (nSPS) is 14.5. The van der Waals surface area contributed by atoms with Gasteiger partial charge in [0.25, 0.3) is 0 Å². The molecule has 0 unspecified atom stereocenters. The van der Waals surface area contributed by atoms with Crippen molar-refractivity contribution in [2.45, 2.75) is 57.8 Å². The van der Waals surface area contributed by atoms with E-state index in [9.17, 15) is 19.2 Å². The Labute approximate surface area is 197 Å². The SMILES string of the molecule is CC(C)[C@H](N)C(=O)N[C@@H](Cc1cnc[nH]1)C(=O)N[C@@H](Cc1ccccc1)C(=O)N[C@@H](C)C(=O)O. The van der Waals surface area contributed by atoms with E-state index in [1.807, 2.05) is 6.07 Å². The average molecular weight is 473 g/mol. The third-order valence-electron chi connectivity index (χ3n) is 5.28. The lowest BCUT2D eigenvalue weighted by molar-refractivity contribution is -0.141. The molecule has 11 nitrogen and oxygen atoms in total. The third kappa shape index (κ3) is 8.00. The van der Waals surface area contributed by atoms with Crippen molar-refractivity contribution in [1.82, 2.24) is 25.9 Å². The maximum Gasteiger partial charge on any atom is 0.325 e. The Morgan fingerprint density at radius 2 is 1.53 bits per heavy atom. The molecule has 1 aromatic carbocycles. The summed E-state index contributed by atoms with van der Waals surface area (Å²) in [5.41, 5.74) is 7.30. The molecule has 0 aliphatic heterocycles. The molecule has 11 heteroatoms. The molecule has 0 aliphatic rings. The molecule has 0 saturated carbocycles. The number of benzene rings is 1. The van der Waals surface area contributed by atoms with Crippen molar-refractivity contribution in [2.24, 2.45) is 11.7 Å². The van der Waals surface area contributed by atoms with Crippen LogP contribution in [0.4, 0.5) is 0 Å². The van der Waals surface area contributed by atoms with Crippen molar-refractivity contribution in [3.05, 3.63) is 54.1 Å². The van der Waals surface area contributed by atoms with Gasteiger partial charge in [-0.3, -0.25) is 19.2 Å². The van der Waals surface area contributed by atoms with Crippen LogP contribution in [0.25, 0.3) is 0 Å². The van der Waals surface area contributed by atoms with Gasteiger partial charge < -0.3 is 31.8 Å². The highest BCUT2D eigenvalue weighted by atomic mass is 16.4. The number of nitrogens with two attached hydrogens (primary N) is 1. The van der Waals surface area contributed by atoms with Gasteiger partial charge >= 0.3 is 5.97 Å². The summed E-state index contributed by atoms with van der Waals surface area (Å²) in [4.78, 5) is 56.6. The molecule has 0 radical (unpaired) electrons. The van der Waals surface area contributed by atoms with Gasteiger partial charge in [-0.25, -0.2) is 4.98 Å². The van der Waals surface area contributed by atoms with Crippen molar-refractivity contribution >= 4 is 23.7 Å². The number of hydrogen-bond donors (Lipinski definition) is 6. The number of carbonyl (C=O) groups is 4. The lowest BCUT2D eigenvalue weighted by Gasteiger charge is -2.25. The van der Waals surface area contributed by atoms with E-state index in [-0.39, 0.29) is 18.8 Å². The highest BCUT2D eigenvalue weighted by molar-refractivity contribution is 5.94. The molecule has 34 heavy (non-hydrogen) atoms. The summed E-state index contributed by atoms with van der Waals surface area (Å²) < 4.78 is 0. The molecule has 0 spiro atoms. The summed E-state index contributed by atoms with van der Waals surface area (Å²) >= 11 is 0. The van der Waals surface area contributed by atoms with Gasteiger partial charge in [-0.15, -0.1) is 0 Å². The quantitative estimate of drug-likeness (QED) is 0.246. The lowest BCUT2D eigenvalue weighted by Crippen LogP contribution is -2.58. The number of carboxylic acid groups (broad SMARTS) is 1. The monoisotopic (exact) mass is 472 g/mol. The molecular weight excluding hydrogens is 440 g/mol. The number of imidazole rings is 1. The zero-order valence-electron chi connectivity index (χ0n) is 19.4. The van der Waals surface area contributed by atoms with Gasteiger partial charge in [0.2, 0.25) is 17.7 Å². The van der Waals surface area contributed by atoms with E-state index in [1.165, 1.54) is 19.4 Å². The Hall–Kier alpha value is -3.73. The molecule has 2 rings (SSSR count). The molecule has 4 atom stereocenters. The molecule has 2 aromatic rings. The van der Waals surface area contributed by atoms with Gasteiger partial charge in [-0.1, -0.05) is 44.2 Å². The second kappa shape index (κ2) is 12.5. The Morgan fingerprint density at radius 1 is 0.941 bits per heavy atom. The molecule has 184 valence electrons. The van der Waals surface area contributed by atoms with Crippen LogP contribution in [0, 0.1) is 5.92 Å². The lowest BCUT2D eigenvalue weighted by atomic mass is 10.0. The highest BCUT2D eigenvalue weighted by Gasteiger charge is 2.30. The molecule has 1 heterocycles. The van der Waals surface area contributed by atoms with Gasteiger partial charge in [-0.05, 0) is 18.4 Å². The van der Waals surface area contributed by atoms with E-state index in [2.05, 4.69) is 25.9 Å². The van der Waals surface area contributed by atoms with E-state index in [4.69, 9.17) is 10.8 Å². The Balaban J connectivity index is 2.24. The third-order valence-corrected chi connectivity index (χ3v) is 5.28. The van der Waals surface area contributed by atoms with E-state index in [0.717, 1.165) is 5.56 Å². The molecule has 0 aliphatic carbocycles. The number of nitrogens with one attached hydrogen (secondary N) is 4. The molecule has 0 bridgehead atoms. The number of aliphatic carboxylic acids is 1. The van der Waals surface area contributed by atoms with Crippen LogP contribution >= 0.6 is 0 Å². The highest BCUT2D eigenvalue weighted by Crippen LogP contribution is 2.07. The van der Waals surface area contributed by atoms with Gasteiger partial charge in [0.05, 0.1) is 12.4 Å². The van der Waals surface area contributed by atoms with Crippen molar-refractivity contribution < 1.29 is 24.3 Å². The minimum Gasteiger partial charge on any atom is -0.480 e. The van der Waals surface area contributed by atoms with Gasteiger partial charge in [0.15, 0.2) is 0 Å². The molecule has 3 amide bonds. The van der Waals surface area contributed by atoms with Crippen LogP contribution in [0.2, 0.25) is 0 Å². The van der Waals surface area contributed by atoms with Crippen LogP contribution in [-0.4, -0.2) is 62.9 Å². The fourth-order valence-electron chi connectivity index (χ4n) is 3.10. The van der Waals surface area contributed by atoms with Gasteiger partial charge in [-0.2, -0.15) is 0 Å². The van der Waals surface area contributed by atoms with Gasteiger partial charge in [0, 0.05) is 24.7 Å².